The number of esters is 1. The second-order valence-corrected chi connectivity index (χ2v) is 10.8. The van der Waals surface area contributed by atoms with Gasteiger partial charge < -0.3 is 18.6 Å². The molecule has 41 heavy (non-hydrogen) atoms. The quantitative estimate of drug-likeness (QED) is 0.234. The molecular formula is C30H26Cl2N2O6S. The second-order valence-electron chi connectivity index (χ2n) is 8.94. The topological polar surface area (TPSA) is 92.3 Å². The Morgan fingerprint density at radius 1 is 1.12 bits per heavy atom. The number of halogens is 2. The van der Waals surface area contributed by atoms with Gasteiger partial charge in [-0.2, -0.15) is 0 Å². The second kappa shape index (κ2) is 12.0. The van der Waals surface area contributed by atoms with Gasteiger partial charge in [-0.05, 0) is 57.2 Å². The number of rotatable bonds is 8. The van der Waals surface area contributed by atoms with Crippen molar-refractivity contribution in [3.8, 4) is 22.8 Å². The summed E-state index contributed by atoms with van der Waals surface area (Å²) >= 11 is 13.4. The molecule has 3 heterocycles. The molecule has 0 saturated carbocycles. The molecule has 8 nitrogen and oxygen atoms in total. The lowest BCUT2D eigenvalue weighted by atomic mass is 9.94. The number of methoxy groups -OCH3 is 1. The summed E-state index contributed by atoms with van der Waals surface area (Å²) in [6.07, 6.45) is 1.65. The van der Waals surface area contributed by atoms with Crippen molar-refractivity contribution in [1.82, 2.24) is 4.57 Å². The number of carbonyl (C=O) groups is 1. The van der Waals surface area contributed by atoms with Crippen molar-refractivity contribution in [3.05, 3.63) is 101 Å². The zero-order valence-electron chi connectivity index (χ0n) is 22.7. The van der Waals surface area contributed by atoms with E-state index in [1.807, 2.05) is 13.0 Å². The Balaban J connectivity index is 1.68. The van der Waals surface area contributed by atoms with Gasteiger partial charge in [0.05, 0.1) is 46.2 Å². The van der Waals surface area contributed by atoms with Crippen LogP contribution in [-0.4, -0.2) is 30.9 Å². The summed E-state index contributed by atoms with van der Waals surface area (Å²) in [5.74, 6) is 1.39. The first-order chi connectivity index (χ1) is 19.8. The Labute approximate surface area is 249 Å². The highest BCUT2D eigenvalue weighted by atomic mass is 35.5. The third kappa shape index (κ3) is 5.45. The first-order valence-electron chi connectivity index (χ1n) is 12.8. The van der Waals surface area contributed by atoms with E-state index >= 15 is 0 Å². The fraction of sp³-hybridized carbons (Fsp3) is 0.233. The summed E-state index contributed by atoms with van der Waals surface area (Å²) < 4.78 is 24.8. The Hall–Kier alpha value is -3.79. The molecule has 4 aromatic rings. The molecule has 0 bridgehead atoms. The molecule has 212 valence electrons. The van der Waals surface area contributed by atoms with Gasteiger partial charge in [-0.1, -0.05) is 46.7 Å². The number of nitrogens with zero attached hydrogens (tertiary/aromatic N) is 2. The largest absolute Gasteiger partial charge is 0.493 e. The van der Waals surface area contributed by atoms with Crippen molar-refractivity contribution in [2.24, 2.45) is 4.99 Å². The molecule has 0 aliphatic carbocycles. The van der Waals surface area contributed by atoms with Crippen LogP contribution in [0.2, 0.25) is 10.0 Å². The van der Waals surface area contributed by atoms with Gasteiger partial charge in [0.1, 0.15) is 17.6 Å². The monoisotopic (exact) mass is 612 g/mol. The van der Waals surface area contributed by atoms with Crippen LogP contribution in [0.3, 0.4) is 0 Å². The van der Waals surface area contributed by atoms with Crippen LogP contribution in [-0.2, 0) is 9.53 Å². The predicted molar refractivity (Wildman–Crippen MR) is 159 cm³/mol. The van der Waals surface area contributed by atoms with E-state index in [0.29, 0.717) is 60.3 Å². The minimum atomic E-state index is -0.854. The van der Waals surface area contributed by atoms with E-state index in [1.165, 1.54) is 23.0 Å². The van der Waals surface area contributed by atoms with Gasteiger partial charge in [0, 0.05) is 17.2 Å². The fourth-order valence-corrected chi connectivity index (χ4v) is 5.98. The van der Waals surface area contributed by atoms with Crippen LogP contribution in [0.4, 0.5) is 0 Å². The molecule has 0 saturated heterocycles. The zero-order valence-corrected chi connectivity index (χ0v) is 25.0. The van der Waals surface area contributed by atoms with Gasteiger partial charge in [0.2, 0.25) is 0 Å². The molecule has 1 aliphatic rings. The third-order valence-electron chi connectivity index (χ3n) is 6.43. The highest BCUT2D eigenvalue weighted by Crippen LogP contribution is 2.40. The smallest absolute Gasteiger partial charge is 0.338 e. The molecule has 0 N–H and O–H groups in total. The van der Waals surface area contributed by atoms with Crippen LogP contribution in [0.1, 0.15) is 38.1 Å². The molecule has 1 aliphatic heterocycles. The molecule has 2 aromatic carbocycles. The van der Waals surface area contributed by atoms with E-state index in [9.17, 15) is 9.59 Å². The Bertz CT molecular complexity index is 1850. The third-order valence-corrected chi connectivity index (χ3v) is 8.16. The van der Waals surface area contributed by atoms with Crippen LogP contribution < -0.4 is 24.4 Å². The summed E-state index contributed by atoms with van der Waals surface area (Å²) in [5.41, 5.74) is 1.69. The predicted octanol–water partition coefficient (Wildman–Crippen LogP) is 5.77. The number of hydrogen-bond donors (Lipinski definition) is 0. The number of benzene rings is 2. The van der Waals surface area contributed by atoms with Crippen molar-refractivity contribution in [2.75, 3.05) is 20.3 Å². The lowest BCUT2D eigenvalue weighted by Crippen LogP contribution is -2.40. The maximum Gasteiger partial charge on any atom is 0.338 e. The molecule has 0 radical (unpaired) electrons. The highest BCUT2D eigenvalue weighted by Gasteiger charge is 2.36. The van der Waals surface area contributed by atoms with E-state index < -0.39 is 12.0 Å². The average Bonchev–Trinajstić information content (AvgIpc) is 3.54. The number of hydrogen-bond acceptors (Lipinski definition) is 8. The summed E-state index contributed by atoms with van der Waals surface area (Å²) in [4.78, 5) is 32.3. The van der Waals surface area contributed by atoms with E-state index in [0.717, 1.165) is 5.56 Å². The van der Waals surface area contributed by atoms with Crippen LogP contribution in [0.15, 0.2) is 74.0 Å². The van der Waals surface area contributed by atoms with Crippen LogP contribution >= 0.6 is 34.5 Å². The van der Waals surface area contributed by atoms with Crippen molar-refractivity contribution in [3.63, 3.8) is 0 Å². The van der Waals surface area contributed by atoms with E-state index in [2.05, 4.69) is 4.99 Å². The first kappa shape index (κ1) is 28.7. The summed E-state index contributed by atoms with van der Waals surface area (Å²) in [7, 11) is 1.54. The molecule has 0 amide bonds. The molecule has 1 atom stereocenters. The number of furan rings is 1. The van der Waals surface area contributed by atoms with Crippen molar-refractivity contribution in [1.29, 1.82) is 0 Å². The number of para-hydroxylation sites is 1. The van der Waals surface area contributed by atoms with Gasteiger partial charge in [0.15, 0.2) is 16.3 Å². The summed E-state index contributed by atoms with van der Waals surface area (Å²) in [6.45, 7) is 5.83. The number of carbonyl (C=O) groups excluding carboxylic acids is 1. The Morgan fingerprint density at radius 3 is 2.63 bits per heavy atom. The maximum absolute atomic E-state index is 14.0. The van der Waals surface area contributed by atoms with Gasteiger partial charge in [0.25, 0.3) is 5.56 Å². The molecular weight excluding hydrogens is 587 g/mol. The molecule has 0 unspecified atom stereocenters. The first-order valence-corrected chi connectivity index (χ1v) is 14.4. The maximum atomic E-state index is 14.0. The summed E-state index contributed by atoms with van der Waals surface area (Å²) in [6, 6.07) is 13.3. The molecule has 0 fully saturated rings. The zero-order chi connectivity index (χ0) is 29.3. The normalized spacial score (nSPS) is 15.0. The summed E-state index contributed by atoms with van der Waals surface area (Å²) in [5, 5.41) is 0.853. The SMILES string of the molecule is CCOC(=O)C1=C(C)N=c2s/c(=C\c3ccc(-c4ccc(Cl)c(Cl)c4)o3)c(=O)n2[C@H]1c1cccc(OC)c1OCC. The van der Waals surface area contributed by atoms with E-state index in [-0.39, 0.29) is 17.7 Å². The number of aromatic nitrogens is 1. The molecule has 5 rings (SSSR count). The standard InChI is InChI=1S/C30H26Cl2N2O6S/c1-5-38-27-19(8-7-9-23(27)37-4)26-25(29(36)39-6-2)16(3)33-30-34(26)28(35)24(41-30)15-18-11-13-22(40-18)17-10-12-20(31)21(32)14-17/h7-15,26H,5-6H2,1-4H3/b24-15-/t26-/m0/s1. The van der Waals surface area contributed by atoms with Crippen LogP contribution in [0.5, 0.6) is 11.5 Å². The van der Waals surface area contributed by atoms with Gasteiger partial charge in [-0.3, -0.25) is 9.36 Å². The van der Waals surface area contributed by atoms with E-state index in [1.54, 1.807) is 62.4 Å². The Kier molecular flexibility index (Phi) is 8.40. The van der Waals surface area contributed by atoms with Gasteiger partial charge in [-0.15, -0.1) is 0 Å². The van der Waals surface area contributed by atoms with Gasteiger partial charge >= 0.3 is 5.97 Å². The highest BCUT2D eigenvalue weighted by molar-refractivity contribution is 7.07. The van der Waals surface area contributed by atoms with Crippen molar-refractivity contribution >= 4 is 46.6 Å². The molecule has 2 aromatic heterocycles. The fourth-order valence-electron chi connectivity index (χ4n) is 4.66. The molecule has 11 heteroatoms. The lowest BCUT2D eigenvalue weighted by molar-refractivity contribution is -0.139. The van der Waals surface area contributed by atoms with Gasteiger partial charge in [-0.25, -0.2) is 9.79 Å². The Morgan fingerprint density at radius 2 is 1.93 bits per heavy atom. The minimum absolute atomic E-state index is 0.169. The lowest BCUT2D eigenvalue weighted by Gasteiger charge is -2.26. The number of allylic oxidation sites excluding steroid dienone is 1. The van der Waals surface area contributed by atoms with Crippen LogP contribution in [0, 0.1) is 0 Å². The minimum Gasteiger partial charge on any atom is -0.493 e. The average molecular weight is 614 g/mol. The van der Waals surface area contributed by atoms with E-state index in [4.69, 9.17) is 41.8 Å². The number of thiazole rings is 1. The number of fused-ring (bicyclic) bond motifs is 1. The molecule has 0 spiro atoms. The van der Waals surface area contributed by atoms with Crippen LogP contribution in [0.25, 0.3) is 17.4 Å². The number of ether oxygens (including phenoxy) is 3. The van der Waals surface area contributed by atoms with Crippen molar-refractivity contribution in [2.45, 2.75) is 26.8 Å². The van der Waals surface area contributed by atoms with Crippen molar-refractivity contribution < 1.29 is 23.4 Å².